The largest absolute Gasteiger partial charge is 0.456 e. The van der Waals surface area contributed by atoms with Crippen molar-refractivity contribution in [3.63, 3.8) is 0 Å². The summed E-state index contributed by atoms with van der Waals surface area (Å²) in [5.74, 6) is 0. The van der Waals surface area contributed by atoms with Crippen LogP contribution >= 0.6 is 11.6 Å². The molecular formula is C15H8ClNO. The van der Waals surface area contributed by atoms with Crippen LogP contribution in [0, 0.1) is 0 Å². The van der Waals surface area contributed by atoms with E-state index in [0.29, 0.717) is 0 Å². The highest BCUT2D eigenvalue weighted by atomic mass is 35.5. The van der Waals surface area contributed by atoms with Gasteiger partial charge < -0.3 is 4.42 Å². The Balaban J connectivity index is 2.34. The van der Waals surface area contributed by atoms with Crippen LogP contribution in [0.15, 0.2) is 53.2 Å². The Morgan fingerprint density at radius 2 is 1.89 bits per heavy atom. The maximum absolute atomic E-state index is 6.51. The number of benzene rings is 2. The van der Waals surface area contributed by atoms with Crippen molar-refractivity contribution in [2.45, 2.75) is 0 Å². The van der Waals surface area contributed by atoms with Crippen LogP contribution in [-0.2, 0) is 0 Å². The number of nitrogens with zero attached hydrogens (tertiary/aromatic N) is 1. The topological polar surface area (TPSA) is 26.0 Å². The van der Waals surface area contributed by atoms with Crippen molar-refractivity contribution >= 4 is 44.3 Å². The van der Waals surface area contributed by atoms with Gasteiger partial charge in [0.1, 0.15) is 11.2 Å². The molecule has 0 unspecified atom stereocenters. The molecule has 86 valence electrons. The molecule has 0 saturated heterocycles. The molecule has 0 saturated carbocycles. The molecule has 0 bridgehead atoms. The first-order chi connectivity index (χ1) is 8.84. The van der Waals surface area contributed by atoms with Crippen molar-refractivity contribution in [1.82, 2.24) is 4.98 Å². The van der Waals surface area contributed by atoms with Crippen LogP contribution in [-0.4, -0.2) is 4.98 Å². The number of fused-ring (bicyclic) bond motifs is 4. The Bertz CT molecular complexity index is 895. The lowest BCUT2D eigenvalue weighted by molar-refractivity contribution is 0.669. The van der Waals surface area contributed by atoms with E-state index in [4.69, 9.17) is 16.0 Å². The number of furan rings is 1. The smallest absolute Gasteiger partial charge is 0.138 e. The van der Waals surface area contributed by atoms with Gasteiger partial charge >= 0.3 is 0 Å². The molecule has 4 rings (SSSR count). The van der Waals surface area contributed by atoms with Crippen LogP contribution in [0.4, 0.5) is 0 Å². The van der Waals surface area contributed by atoms with Gasteiger partial charge in [0.05, 0.1) is 5.02 Å². The minimum atomic E-state index is 0.731. The van der Waals surface area contributed by atoms with E-state index >= 15 is 0 Å². The van der Waals surface area contributed by atoms with Crippen molar-refractivity contribution in [1.29, 1.82) is 0 Å². The Labute approximate surface area is 108 Å². The average Bonchev–Trinajstić information content (AvgIpc) is 2.77. The predicted molar refractivity (Wildman–Crippen MR) is 74.0 cm³/mol. The fourth-order valence-corrected chi connectivity index (χ4v) is 2.75. The lowest BCUT2D eigenvalue weighted by Crippen LogP contribution is -1.76. The molecule has 0 N–H and O–H groups in total. The summed E-state index contributed by atoms with van der Waals surface area (Å²) in [6.07, 6.45) is 3.51. The van der Waals surface area contributed by atoms with Crippen LogP contribution < -0.4 is 0 Å². The Kier molecular flexibility index (Phi) is 1.91. The molecule has 18 heavy (non-hydrogen) atoms. The minimum absolute atomic E-state index is 0.731. The third-order valence-corrected chi connectivity index (χ3v) is 3.61. The predicted octanol–water partition coefficient (Wildman–Crippen LogP) is 4.79. The van der Waals surface area contributed by atoms with E-state index in [2.05, 4.69) is 4.98 Å². The van der Waals surface area contributed by atoms with Crippen molar-refractivity contribution in [2.75, 3.05) is 0 Å². The SMILES string of the molecule is Clc1c2ccccc2cc2oc3ccncc3c12. The first-order valence-electron chi connectivity index (χ1n) is 5.68. The van der Waals surface area contributed by atoms with Crippen molar-refractivity contribution in [3.05, 3.63) is 53.8 Å². The van der Waals surface area contributed by atoms with Crippen LogP contribution in [0.25, 0.3) is 32.7 Å². The molecule has 2 aromatic carbocycles. The molecular weight excluding hydrogens is 246 g/mol. The van der Waals surface area contributed by atoms with Crippen LogP contribution in [0.1, 0.15) is 0 Å². The Hall–Kier alpha value is -2.06. The molecule has 0 aliphatic heterocycles. The Morgan fingerprint density at radius 3 is 2.83 bits per heavy atom. The number of pyridine rings is 1. The van der Waals surface area contributed by atoms with E-state index in [9.17, 15) is 0 Å². The van der Waals surface area contributed by atoms with Crippen molar-refractivity contribution in [2.24, 2.45) is 0 Å². The van der Waals surface area contributed by atoms with Gasteiger partial charge in [-0.2, -0.15) is 0 Å². The van der Waals surface area contributed by atoms with Crippen LogP contribution in [0.5, 0.6) is 0 Å². The van der Waals surface area contributed by atoms with E-state index in [1.54, 1.807) is 12.4 Å². The molecule has 0 amide bonds. The third kappa shape index (κ3) is 1.21. The van der Waals surface area contributed by atoms with E-state index in [1.807, 2.05) is 36.4 Å². The number of aromatic nitrogens is 1. The number of hydrogen-bond donors (Lipinski definition) is 0. The first-order valence-corrected chi connectivity index (χ1v) is 6.06. The molecule has 0 atom stereocenters. The van der Waals surface area contributed by atoms with Gasteiger partial charge in [0.2, 0.25) is 0 Å². The van der Waals surface area contributed by atoms with E-state index in [-0.39, 0.29) is 0 Å². The summed E-state index contributed by atoms with van der Waals surface area (Å²) >= 11 is 6.51. The lowest BCUT2D eigenvalue weighted by atomic mass is 10.1. The zero-order valence-electron chi connectivity index (χ0n) is 9.35. The molecule has 0 spiro atoms. The van der Waals surface area contributed by atoms with Crippen molar-refractivity contribution in [3.8, 4) is 0 Å². The van der Waals surface area contributed by atoms with Gasteiger partial charge in [0.25, 0.3) is 0 Å². The fraction of sp³-hybridized carbons (Fsp3) is 0. The maximum atomic E-state index is 6.51. The number of halogens is 1. The summed E-state index contributed by atoms with van der Waals surface area (Å²) in [5, 5.41) is 4.76. The normalized spacial score (nSPS) is 11.6. The highest BCUT2D eigenvalue weighted by Gasteiger charge is 2.13. The molecule has 2 heterocycles. The van der Waals surface area contributed by atoms with Crippen molar-refractivity contribution < 1.29 is 4.42 Å². The number of rotatable bonds is 0. The summed E-state index contributed by atoms with van der Waals surface area (Å²) in [5.41, 5.74) is 1.62. The molecule has 2 aromatic heterocycles. The fourth-order valence-electron chi connectivity index (χ4n) is 2.39. The molecule has 3 heteroatoms. The Morgan fingerprint density at radius 1 is 1.00 bits per heavy atom. The molecule has 0 aliphatic rings. The zero-order valence-corrected chi connectivity index (χ0v) is 10.1. The minimum Gasteiger partial charge on any atom is -0.456 e. The van der Waals surface area contributed by atoms with Gasteiger partial charge in [-0.15, -0.1) is 0 Å². The highest BCUT2D eigenvalue weighted by Crippen LogP contribution is 2.38. The van der Waals surface area contributed by atoms with E-state index in [0.717, 1.165) is 37.7 Å². The molecule has 2 nitrogen and oxygen atoms in total. The zero-order chi connectivity index (χ0) is 12.1. The quantitative estimate of drug-likeness (QED) is 0.450. The molecule has 4 aromatic rings. The van der Waals surface area contributed by atoms with Gasteiger partial charge in [0, 0.05) is 28.6 Å². The second kappa shape index (κ2) is 3.47. The van der Waals surface area contributed by atoms with Gasteiger partial charge in [-0.25, -0.2) is 0 Å². The van der Waals surface area contributed by atoms with E-state index < -0.39 is 0 Å². The molecule has 0 radical (unpaired) electrons. The van der Waals surface area contributed by atoms with Gasteiger partial charge in [-0.3, -0.25) is 4.98 Å². The van der Waals surface area contributed by atoms with Gasteiger partial charge in [0.15, 0.2) is 0 Å². The average molecular weight is 254 g/mol. The molecule has 0 aliphatic carbocycles. The summed E-state index contributed by atoms with van der Waals surface area (Å²) in [4.78, 5) is 4.14. The summed E-state index contributed by atoms with van der Waals surface area (Å²) in [6, 6.07) is 11.9. The first kappa shape index (κ1) is 9.92. The lowest BCUT2D eigenvalue weighted by Gasteiger charge is -2.01. The maximum Gasteiger partial charge on any atom is 0.138 e. The standard InChI is InChI=1S/C15H8ClNO/c16-15-10-4-2-1-3-9(10)7-13-14(15)11-8-17-6-5-12(11)18-13/h1-8H. The monoisotopic (exact) mass is 253 g/mol. The summed E-state index contributed by atoms with van der Waals surface area (Å²) in [7, 11) is 0. The molecule has 0 fully saturated rings. The van der Waals surface area contributed by atoms with Gasteiger partial charge in [-0.1, -0.05) is 35.9 Å². The van der Waals surface area contributed by atoms with E-state index in [1.165, 1.54) is 0 Å². The third-order valence-electron chi connectivity index (χ3n) is 3.22. The summed E-state index contributed by atoms with van der Waals surface area (Å²) < 4.78 is 5.82. The number of hydrogen-bond acceptors (Lipinski definition) is 2. The second-order valence-electron chi connectivity index (χ2n) is 4.26. The van der Waals surface area contributed by atoms with Gasteiger partial charge in [-0.05, 0) is 17.5 Å². The highest BCUT2D eigenvalue weighted by molar-refractivity contribution is 6.42. The van der Waals surface area contributed by atoms with Crippen LogP contribution in [0.2, 0.25) is 5.02 Å². The second-order valence-corrected chi connectivity index (χ2v) is 4.64. The summed E-state index contributed by atoms with van der Waals surface area (Å²) in [6.45, 7) is 0. The van der Waals surface area contributed by atoms with Crippen LogP contribution in [0.3, 0.4) is 0 Å².